The van der Waals surface area contributed by atoms with Crippen molar-refractivity contribution in [1.29, 1.82) is 0 Å². The fourth-order valence-electron chi connectivity index (χ4n) is 1.15. The molecule has 0 aliphatic rings. The summed E-state index contributed by atoms with van der Waals surface area (Å²) in [6.07, 6.45) is 0.473. The van der Waals surface area contributed by atoms with Gasteiger partial charge in [0.2, 0.25) is 5.91 Å². The molecular weight excluding hydrogens is 275 g/mol. The Labute approximate surface area is 124 Å². The minimum Gasteiger partial charge on any atom is -0.360 e. The first-order valence-electron chi connectivity index (χ1n) is 5.32. The van der Waals surface area contributed by atoms with Crippen molar-refractivity contribution in [3.05, 3.63) is 41.8 Å². The molecule has 1 N–H and O–H groups in total. The molecule has 0 saturated heterocycles. The summed E-state index contributed by atoms with van der Waals surface area (Å²) < 4.78 is 0. The molecule has 1 aromatic carbocycles. The number of hydrogen-bond acceptors (Lipinski definition) is 1. The third kappa shape index (κ3) is 7.02. The van der Waals surface area contributed by atoms with Gasteiger partial charge < -0.3 is 5.32 Å². The molecule has 1 amide bonds. The van der Waals surface area contributed by atoms with E-state index in [-0.39, 0.29) is 38.6 Å². The zero-order valence-electron chi connectivity index (χ0n) is 10.6. The molecule has 2 nitrogen and oxygen atoms in total. The standard InChI is InChI=1S/C11H14NO.C2H6.Y/c1-9(8-11(13)12-2)10-6-4-3-5-7-10;1-2;/h3-7H,8H2,1-2H3,(H,12,13);1-2H3;/q-1;;. The summed E-state index contributed by atoms with van der Waals surface area (Å²) in [6.45, 7) is 5.98. The van der Waals surface area contributed by atoms with Gasteiger partial charge in [-0.15, -0.1) is 12.1 Å². The maximum Gasteiger partial charge on any atom is 0.212 e. The summed E-state index contributed by atoms with van der Waals surface area (Å²) >= 11 is 0. The molecular formula is C13H20NOY-. The average Bonchev–Trinajstić information content (AvgIpc) is 2.32. The van der Waals surface area contributed by atoms with Crippen LogP contribution in [0.2, 0.25) is 0 Å². The summed E-state index contributed by atoms with van der Waals surface area (Å²) in [6, 6.07) is 9.94. The molecule has 1 radical (unpaired) electrons. The molecule has 3 heteroatoms. The Balaban J connectivity index is 0. The molecule has 0 heterocycles. The molecule has 0 spiro atoms. The Morgan fingerprint density at radius 3 is 2.19 bits per heavy atom. The van der Waals surface area contributed by atoms with Crippen LogP contribution in [0.1, 0.15) is 32.8 Å². The van der Waals surface area contributed by atoms with Gasteiger partial charge in [-0.1, -0.05) is 26.8 Å². The largest absolute Gasteiger partial charge is 0.360 e. The number of hydrogen-bond donors (Lipinski definition) is 1. The maximum absolute atomic E-state index is 11.1. The number of benzene rings is 1. The average molecular weight is 295 g/mol. The van der Waals surface area contributed by atoms with E-state index in [1.54, 1.807) is 7.05 Å². The molecule has 0 saturated carbocycles. The molecule has 0 unspecified atom stereocenters. The van der Waals surface area contributed by atoms with E-state index >= 15 is 0 Å². The van der Waals surface area contributed by atoms with Gasteiger partial charge in [-0.3, -0.25) is 4.79 Å². The van der Waals surface area contributed by atoms with Gasteiger partial charge in [0, 0.05) is 46.2 Å². The minimum absolute atomic E-state index is 0. The van der Waals surface area contributed by atoms with Crippen LogP contribution in [0, 0.1) is 5.92 Å². The zero-order chi connectivity index (χ0) is 11.7. The van der Waals surface area contributed by atoms with Crippen LogP contribution >= 0.6 is 0 Å². The molecule has 0 fully saturated rings. The monoisotopic (exact) mass is 295 g/mol. The Morgan fingerprint density at radius 2 is 1.75 bits per heavy atom. The molecule has 0 aliphatic carbocycles. The van der Waals surface area contributed by atoms with E-state index in [1.807, 2.05) is 51.1 Å². The number of rotatable bonds is 3. The van der Waals surface area contributed by atoms with Crippen molar-refractivity contribution in [3.8, 4) is 0 Å². The van der Waals surface area contributed by atoms with E-state index in [0.717, 1.165) is 11.5 Å². The van der Waals surface area contributed by atoms with Gasteiger partial charge in [0.1, 0.15) is 0 Å². The van der Waals surface area contributed by atoms with Crippen molar-refractivity contribution in [1.82, 2.24) is 5.32 Å². The van der Waals surface area contributed by atoms with Crippen LogP contribution in [0.25, 0.3) is 0 Å². The van der Waals surface area contributed by atoms with Crippen LogP contribution in [-0.2, 0) is 37.5 Å². The number of amides is 1. The fourth-order valence-corrected chi connectivity index (χ4v) is 1.15. The van der Waals surface area contributed by atoms with Gasteiger partial charge in [0.15, 0.2) is 0 Å². The van der Waals surface area contributed by atoms with Crippen molar-refractivity contribution < 1.29 is 37.5 Å². The van der Waals surface area contributed by atoms with Gasteiger partial charge in [-0.05, 0) is 0 Å². The van der Waals surface area contributed by atoms with Crippen LogP contribution in [0.5, 0.6) is 0 Å². The zero-order valence-corrected chi connectivity index (χ0v) is 13.4. The Morgan fingerprint density at radius 1 is 1.25 bits per heavy atom. The van der Waals surface area contributed by atoms with Crippen molar-refractivity contribution >= 4 is 5.91 Å². The normalized spacial score (nSPS) is 8.00. The first-order chi connectivity index (χ1) is 7.24. The Kier molecular flexibility index (Phi) is 12.6. The van der Waals surface area contributed by atoms with Crippen LogP contribution in [0.4, 0.5) is 0 Å². The van der Waals surface area contributed by atoms with E-state index in [1.165, 1.54) is 0 Å². The quantitative estimate of drug-likeness (QED) is 0.854. The van der Waals surface area contributed by atoms with Gasteiger partial charge in [-0.2, -0.15) is 23.6 Å². The first kappa shape index (κ1) is 18.0. The molecule has 16 heavy (non-hydrogen) atoms. The number of nitrogens with one attached hydrogen (secondary N) is 1. The van der Waals surface area contributed by atoms with Crippen molar-refractivity contribution in [2.24, 2.45) is 0 Å². The van der Waals surface area contributed by atoms with E-state index in [2.05, 4.69) is 5.32 Å². The van der Waals surface area contributed by atoms with Crippen LogP contribution in [-0.4, -0.2) is 13.0 Å². The second-order valence-electron chi connectivity index (χ2n) is 3.00. The molecule has 0 aliphatic heterocycles. The van der Waals surface area contributed by atoms with E-state index < -0.39 is 0 Å². The van der Waals surface area contributed by atoms with E-state index in [9.17, 15) is 4.79 Å². The second-order valence-corrected chi connectivity index (χ2v) is 3.00. The smallest absolute Gasteiger partial charge is 0.212 e. The summed E-state index contributed by atoms with van der Waals surface area (Å²) in [5.41, 5.74) is 1.13. The van der Waals surface area contributed by atoms with Gasteiger partial charge in [0.05, 0.1) is 0 Å². The number of carbonyl (C=O) groups excluding carboxylic acids is 1. The third-order valence-electron chi connectivity index (χ3n) is 1.97. The van der Waals surface area contributed by atoms with Crippen molar-refractivity contribution in [2.75, 3.05) is 7.05 Å². The van der Waals surface area contributed by atoms with E-state index in [0.29, 0.717) is 6.42 Å². The van der Waals surface area contributed by atoms with E-state index in [4.69, 9.17) is 0 Å². The predicted octanol–water partition coefficient (Wildman–Crippen LogP) is 2.79. The van der Waals surface area contributed by atoms with Crippen LogP contribution in [0.15, 0.2) is 30.3 Å². The van der Waals surface area contributed by atoms with Crippen molar-refractivity contribution in [3.63, 3.8) is 0 Å². The molecule has 0 atom stereocenters. The first-order valence-corrected chi connectivity index (χ1v) is 5.32. The topological polar surface area (TPSA) is 29.1 Å². The number of carbonyl (C=O) groups is 1. The minimum atomic E-state index is 0. The second kappa shape index (κ2) is 11.2. The summed E-state index contributed by atoms with van der Waals surface area (Å²) in [5.74, 6) is 1.15. The van der Waals surface area contributed by atoms with Crippen LogP contribution in [0.3, 0.4) is 0 Å². The predicted molar refractivity (Wildman–Crippen MR) is 64.5 cm³/mol. The van der Waals surface area contributed by atoms with Crippen molar-refractivity contribution in [2.45, 2.75) is 27.2 Å². The summed E-state index contributed by atoms with van der Waals surface area (Å²) in [4.78, 5) is 11.1. The summed E-state index contributed by atoms with van der Waals surface area (Å²) in [7, 11) is 1.65. The Hall–Kier alpha value is -0.336. The SMILES string of the molecule is CC.CNC(=O)C[C-](C)c1ccccc1.[Y]. The Bertz CT molecular complexity index is 275. The third-order valence-corrected chi connectivity index (χ3v) is 1.97. The molecule has 87 valence electrons. The van der Waals surface area contributed by atoms with Gasteiger partial charge in [0.25, 0.3) is 0 Å². The fraction of sp³-hybridized carbons (Fsp3) is 0.385. The van der Waals surface area contributed by atoms with Gasteiger partial charge in [-0.25, -0.2) is 0 Å². The summed E-state index contributed by atoms with van der Waals surface area (Å²) in [5, 5.41) is 2.61. The molecule has 0 aromatic heterocycles. The molecule has 0 bridgehead atoms. The maximum atomic E-state index is 11.1. The molecule has 1 aromatic rings. The van der Waals surface area contributed by atoms with Crippen LogP contribution < -0.4 is 5.32 Å². The molecule has 1 rings (SSSR count). The van der Waals surface area contributed by atoms with Gasteiger partial charge >= 0.3 is 0 Å².